The molecule has 20 heavy (non-hydrogen) atoms. The standard InChI is InChI=1S/C16H16ClNO2/c1-11(19)15-9-13(17)8-12(16(15)20)10-18(2)14-6-4-3-5-7-14/h3-9,20H,10H2,1-2H3. The second-order valence-electron chi connectivity index (χ2n) is 4.71. The van der Waals surface area contributed by atoms with Gasteiger partial charge in [0.25, 0.3) is 0 Å². The lowest BCUT2D eigenvalue weighted by Gasteiger charge is -2.20. The second kappa shape index (κ2) is 5.97. The van der Waals surface area contributed by atoms with Crippen LogP contribution in [0.3, 0.4) is 0 Å². The molecule has 1 N–H and O–H groups in total. The molecule has 0 aliphatic carbocycles. The predicted octanol–water partition coefficient (Wildman–Crippen LogP) is 3.88. The number of carbonyl (C=O) groups is 1. The van der Waals surface area contributed by atoms with E-state index < -0.39 is 0 Å². The Labute approximate surface area is 123 Å². The van der Waals surface area contributed by atoms with Crippen molar-refractivity contribution < 1.29 is 9.90 Å². The number of Topliss-reactive ketones (excluding diaryl/α,β-unsaturated/α-hetero) is 1. The lowest BCUT2D eigenvalue weighted by atomic mass is 10.1. The quantitative estimate of drug-likeness (QED) is 0.868. The summed E-state index contributed by atoms with van der Waals surface area (Å²) in [5, 5.41) is 10.6. The smallest absolute Gasteiger partial charge is 0.163 e. The lowest BCUT2D eigenvalue weighted by molar-refractivity contribution is 0.101. The van der Waals surface area contributed by atoms with Crippen molar-refractivity contribution in [3.63, 3.8) is 0 Å². The molecule has 0 fully saturated rings. The molecule has 0 aliphatic rings. The number of hydrogen-bond acceptors (Lipinski definition) is 3. The Balaban J connectivity index is 2.32. The van der Waals surface area contributed by atoms with Gasteiger partial charge in [-0.25, -0.2) is 0 Å². The highest BCUT2D eigenvalue weighted by molar-refractivity contribution is 6.31. The van der Waals surface area contributed by atoms with Crippen LogP contribution in [0.2, 0.25) is 5.02 Å². The van der Waals surface area contributed by atoms with E-state index in [1.807, 2.05) is 42.3 Å². The summed E-state index contributed by atoms with van der Waals surface area (Å²) in [5.74, 6) is -0.196. The van der Waals surface area contributed by atoms with Gasteiger partial charge in [0.1, 0.15) is 5.75 Å². The Morgan fingerprint density at radius 3 is 2.50 bits per heavy atom. The molecule has 0 spiro atoms. The molecule has 0 bridgehead atoms. The Morgan fingerprint density at radius 1 is 1.25 bits per heavy atom. The van der Waals surface area contributed by atoms with Crippen LogP contribution >= 0.6 is 11.6 Å². The van der Waals surface area contributed by atoms with Gasteiger partial charge in [0.2, 0.25) is 0 Å². The number of carbonyl (C=O) groups excluding carboxylic acids is 1. The van der Waals surface area contributed by atoms with E-state index in [0.717, 1.165) is 5.69 Å². The first-order chi connectivity index (χ1) is 9.49. The van der Waals surface area contributed by atoms with Crippen LogP contribution in [-0.2, 0) is 6.54 Å². The first-order valence-electron chi connectivity index (χ1n) is 6.27. The van der Waals surface area contributed by atoms with Crippen molar-refractivity contribution >= 4 is 23.1 Å². The van der Waals surface area contributed by atoms with E-state index in [2.05, 4.69) is 0 Å². The van der Waals surface area contributed by atoms with E-state index in [0.29, 0.717) is 17.1 Å². The molecule has 4 heteroatoms. The van der Waals surface area contributed by atoms with Crippen molar-refractivity contribution in [3.05, 3.63) is 58.6 Å². The summed E-state index contributed by atoms with van der Waals surface area (Å²) in [4.78, 5) is 13.5. The van der Waals surface area contributed by atoms with Gasteiger partial charge in [0.15, 0.2) is 5.78 Å². The van der Waals surface area contributed by atoms with Crippen LogP contribution in [0.5, 0.6) is 5.75 Å². The zero-order chi connectivity index (χ0) is 14.7. The summed E-state index contributed by atoms with van der Waals surface area (Å²) in [6, 6.07) is 13.0. The van der Waals surface area contributed by atoms with E-state index in [9.17, 15) is 9.90 Å². The highest BCUT2D eigenvalue weighted by atomic mass is 35.5. The van der Waals surface area contributed by atoms with Crippen LogP contribution in [0.25, 0.3) is 0 Å². The fraction of sp³-hybridized carbons (Fsp3) is 0.188. The van der Waals surface area contributed by atoms with Crippen molar-refractivity contribution in [2.24, 2.45) is 0 Å². The monoisotopic (exact) mass is 289 g/mol. The highest BCUT2D eigenvalue weighted by Gasteiger charge is 2.14. The lowest BCUT2D eigenvalue weighted by Crippen LogP contribution is -2.16. The minimum Gasteiger partial charge on any atom is -0.507 e. The maximum absolute atomic E-state index is 11.5. The number of anilines is 1. The van der Waals surface area contributed by atoms with Gasteiger partial charge in [0, 0.05) is 29.9 Å². The predicted molar refractivity (Wildman–Crippen MR) is 81.7 cm³/mol. The topological polar surface area (TPSA) is 40.5 Å². The molecular weight excluding hydrogens is 274 g/mol. The van der Waals surface area contributed by atoms with Crippen molar-refractivity contribution in [3.8, 4) is 5.75 Å². The number of benzene rings is 2. The van der Waals surface area contributed by atoms with Crippen LogP contribution in [-0.4, -0.2) is 17.9 Å². The maximum Gasteiger partial charge on any atom is 0.163 e. The molecule has 0 saturated heterocycles. The zero-order valence-corrected chi connectivity index (χ0v) is 12.2. The Bertz CT molecular complexity index is 626. The molecule has 2 aromatic rings. The summed E-state index contributed by atoms with van der Waals surface area (Å²) in [5.41, 5.74) is 1.92. The number of hydrogen-bond donors (Lipinski definition) is 1. The number of phenols is 1. The van der Waals surface area contributed by atoms with Gasteiger partial charge in [-0.15, -0.1) is 0 Å². The van der Waals surface area contributed by atoms with Crippen LogP contribution < -0.4 is 4.90 Å². The largest absolute Gasteiger partial charge is 0.507 e. The average Bonchev–Trinajstić information content (AvgIpc) is 2.43. The first kappa shape index (κ1) is 14.4. The van der Waals surface area contributed by atoms with Crippen molar-refractivity contribution in [2.45, 2.75) is 13.5 Å². The van der Waals surface area contributed by atoms with Crippen LogP contribution in [0.4, 0.5) is 5.69 Å². The molecular formula is C16H16ClNO2. The first-order valence-corrected chi connectivity index (χ1v) is 6.65. The third-order valence-electron chi connectivity index (χ3n) is 3.14. The van der Waals surface area contributed by atoms with Gasteiger partial charge < -0.3 is 10.0 Å². The molecule has 0 heterocycles. The average molecular weight is 290 g/mol. The SMILES string of the molecule is CC(=O)c1cc(Cl)cc(CN(C)c2ccccc2)c1O. The van der Waals surface area contributed by atoms with Crippen LogP contribution in [0, 0.1) is 0 Å². The number of aromatic hydroxyl groups is 1. The molecule has 104 valence electrons. The van der Waals surface area contributed by atoms with E-state index in [1.165, 1.54) is 13.0 Å². The minimum absolute atomic E-state index is 0.00433. The number of para-hydroxylation sites is 1. The summed E-state index contributed by atoms with van der Waals surface area (Å²) in [6.45, 7) is 1.88. The molecule has 0 unspecified atom stereocenters. The maximum atomic E-state index is 11.5. The van der Waals surface area contributed by atoms with Gasteiger partial charge in [-0.3, -0.25) is 4.79 Å². The summed E-state index contributed by atoms with van der Waals surface area (Å²) >= 11 is 6.01. The zero-order valence-electron chi connectivity index (χ0n) is 11.4. The molecule has 0 saturated carbocycles. The third-order valence-corrected chi connectivity index (χ3v) is 3.36. The number of ketones is 1. The minimum atomic E-state index is -0.200. The summed E-state index contributed by atoms with van der Waals surface area (Å²) in [6.07, 6.45) is 0. The second-order valence-corrected chi connectivity index (χ2v) is 5.15. The third kappa shape index (κ3) is 3.11. The van der Waals surface area contributed by atoms with E-state index in [4.69, 9.17) is 11.6 Å². The van der Waals surface area contributed by atoms with Crippen molar-refractivity contribution in [1.29, 1.82) is 0 Å². The highest BCUT2D eigenvalue weighted by Crippen LogP contribution is 2.29. The molecule has 0 radical (unpaired) electrons. The number of rotatable bonds is 4. The molecule has 2 rings (SSSR count). The molecule has 0 amide bonds. The van der Waals surface area contributed by atoms with Gasteiger partial charge in [0.05, 0.1) is 5.56 Å². The number of nitrogens with zero attached hydrogens (tertiary/aromatic N) is 1. The Morgan fingerprint density at radius 2 is 1.90 bits per heavy atom. The van der Waals surface area contributed by atoms with Gasteiger partial charge in [-0.1, -0.05) is 29.8 Å². The molecule has 0 aromatic heterocycles. The fourth-order valence-electron chi connectivity index (χ4n) is 2.07. The Kier molecular flexibility index (Phi) is 4.30. The number of phenolic OH excluding ortho intramolecular Hbond substituents is 1. The molecule has 3 nitrogen and oxygen atoms in total. The van der Waals surface area contributed by atoms with Gasteiger partial charge in [-0.05, 0) is 31.2 Å². The van der Waals surface area contributed by atoms with Crippen molar-refractivity contribution in [1.82, 2.24) is 0 Å². The van der Waals surface area contributed by atoms with E-state index >= 15 is 0 Å². The summed E-state index contributed by atoms with van der Waals surface area (Å²) in [7, 11) is 1.92. The van der Waals surface area contributed by atoms with E-state index in [-0.39, 0.29) is 17.1 Å². The molecule has 2 aromatic carbocycles. The van der Waals surface area contributed by atoms with Gasteiger partial charge in [-0.2, -0.15) is 0 Å². The summed E-state index contributed by atoms with van der Waals surface area (Å²) < 4.78 is 0. The molecule has 0 atom stereocenters. The molecule has 0 aliphatic heterocycles. The van der Waals surface area contributed by atoms with Crippen molar-refractivity contribution in [2.75, 3.05) is 11.9 Å². The fourth-order valence-corrected chi connectivity index (χ4v) is 2.31. The Hall–Kier alpha value is -2.00. The normalized spacial score (nSPS) is 10.3. The number of halogens is 1. The van der Waals surface area contributed by atoms with Crippen LogP contribution in [0.1, 0.15) is 22.8 Å². The van der Waals surface area contributed by atoms with Gasteiger partial charge >= 0.3 is 0 Å². The van der Waals surface area contributed by atoms with Crippen LogP contribution in [0.15, 0.2) is 42.5 Å². The van der Waals surface area contributed by atoms with E-state index in [1.54, 1.807) is 6.07 Å².